The van der Waals surface area contributed by atoms with Crippen molar-refractivity contribution in [2.75, 3.05) is 0 Å². The van der Waals surface area contributed by atoms with Gasteiger partial charge >= 0.3 is 5.97 Å². The number of aliphatic carboxylic acids is 1. The molecule has 3 heteroatoms. The molecule has 0 amide bonds. The molecule has 1 atom stereocenters. The van der Waals surface area contributed by atoms with Crippen molar-refractivity contribution in [1.82, 2.24) is 0 Å². The van der Waals surface area contributed by atoms with E-state index in [1.165, 1.54) is 0 Å². The smallest absolute Gasteiger partial charge is 0.311 e. The number of carboxylic acid groups (broad SMARTS) is 1. The predicted molar refractivity (Wildman–Crippen MR) is 24.9 cm³/mol. The Hall–Kier alpha value is -1.08. The summed E-state index contributed by atoms with van der Waals surface area (Å²) in [6.07, 6.45) is 0.402. The molecule has 0 aliphatic heterocycles. The van der Waals surface area contributed by atoms with Gasteiger partial charge in [0.15, 0.2) is 0 Å². The summed E-state index contributed by atoms with van der Waals surface area (Å²) < 4.78 is 0. The third kappa shape index (κ3) is 0.634. The SMILES string of the molecule is O=C=C1CC1C(=O)O. The molecule has 1 aliphatic carbocycles. The van der Waals surface area contributed by atoms with E-state index in [0.717, 1.165) is 0 Å². The lowest BCUT2D eigenvalue weighted by Crippen LogP contribution is -1.95. The zero-order valence-electron chi connectivity index (χ0n) is 4.05. The summed E-state index contributed by atoms with van der Waals surface area (Å²) in [5.74, 6) is 0.136. The molecule has 0 bridgehead atoms. The molecule has 42 valence electrons. The second-order valence-corrected chi connectivity index (χ2v) is 1.72. The zero-order chi connectivity index (χ0) is 6.15. The minimum atomic E-state index is -0.914. The lowest BCUT2D eigenvalue weighted by Gasteiger charge is -1.75. The molecule has 1 rings (SSSR count). The van der Waals surface area contributed by atoms with Crippen LogP contribution < -0.4 is 0 Å². The predicted octanol–water partition coefficient (Wildman–Crippen LogP) is -0.151. The average molecular weight is 112 g/mol. The molecule has 0 heterocycles. The van der Waals surface area contributed by atoms with Gasteiger partial charge in [0.05, 0.1) is 5.92 Å². The fourth-order valence-corrected chi connectivity index (χ4v) is 0.510. The highest BCUT2D eigenvalue weighted by atomic mass is 16.4. The molecule has 0 radical (unpaired) electrons. The van der Waals surface area contributed by atoms with Crippen LogP contribution in [0.5, 0.6) is 0 Å². The molecular weight excluding hydrogens is 108 g/mol. The average Bonchev–Trinajstić information content (AvgIpc) is 2.42. The highest BCUT2D eigenvalue weighted by Gasteiger charge is 2.38. The van der Waals surface area contributed by atoms with Crippen molar-refractivity contribution in [3.63, 3.8) is 0 Å². The lowest BCUT2D eigenvalue weighted by molar-refractivity contribution is -0.138. The molecule has 0 spiro atoms. The van der Waals surface area contributed by atoms with E-state index in [9.17, 15) is 9.59 Å². The fourth-order valence-electron chi connectivity index (χ4n) is 0.510. The van der Waals surface area contributed by atoms with Crippen LogP contribution in [-0.2, 0) is 9.59 Å². The van der Waals surface area contributed by atoms with Crippen molar-refractivity contribution in [2.24, 2.45) is 5.92 Å². The molecular formula is C5H4O3. The van der Waals surface area contributed by atoms with Crippen molar-refractivity contribution in [3.05, 3.63) is 5.57 Å². The number of hydrogen-bond donors (Lipinski definition) is 1. The Bertz CT molecular complexity index is 176. The van der Waals surface area contributed by atoms with E-state index in [-0.39, 0.29) is 0 Å². The van der Waals surface area contributed by atoms with Gasteiger partial charge in [-0.15, -0.1) is 0 Å². The van der Waals surface area contributed by atoms with Crippen LogP contribution in [0.4, 0.5) is 0 Å². The highest BCUT2D eigenvalue weighted by Crippen LogP contribution is 2.34. The van der Waals surface area contributed by atoms with Crippen LogP contribution in [0.2, 0.25) is 0 Å². The summed E-state index contributed by atoms with van der Waals surface area (Å²) >= 11 is 0. The molecule has 1 unspecified atom stereocenters. The van der Waals surface area contributed by atoms with Gasteiger partial charge in [-0.2, -0.15) is 0 Å². The first kappa shape index (κ1) is 5.06. The Morgan fingerprint density at radius 2 is 2.50 bits per heavy atom. The van der Waals surface area contributed by atoms with E-state index in [1.54, 1.807) is 5.94 Å². The van der Waals surface area contributed by atoms with Gasteiger partial charge in [0.1, 0.15) is 5.94 Å². The maximum atomic E-state index is 9.93. The summed E-state index contributed by atoms with van der Waals surface area (Å²) in [6, 6.07) is 0. The van der Waals surface area contributed by atoms with Gasteiger partial charge in [-0.25, -0.2) is 4.79 Å². The van der Waals surface area contributed by atoms with Gasteiger partial charge < -0.3 is 5.11 Å². The van der Waals surface area contributed by atoms with Gasteiger partial charge in [0.2, 0.25) is 0 Å². The first-order chi connectivity index (χ1) is 3.75. The normalized spacial score (nSPS) is 24.5. The van der Waals surface area contributed by atoms with E-state index in [4.69, 9.17) is 5.11 Å². The van der Waals surface area contributed by atoms with Crippen LogP contribution in [-0.4, -0.2) is 17.0 Å². The fraction of sp³-hybridized carbons (Fsp3) is 0.400. The van der Waals surface area contributed by atoms with Crippen LogP contribution in [0.1, 0.15) is 6.42 Å². The number of hydrogen-bond acceptors (Lipinski definition) is 2. The summed E-state index contributed by atoms with van der Waals surface area (Å²) in [7, 11) is 0. The third-order valence-electron chi connectivity index (χ3n) is 1.11. The molecule has 8 heavy (non-hydrogen) atoms. The van der Waals surface area contributed by atoms with Crippen molar-refractivity contribution >= 4 is 11.9 Å². The van der Waals surface area contributed by atoms with Crippen molar-refractivity contribution < 1.29 is 14.7 Å². The van der Waals surface area contributed by atoms with Crippen LogP contribution in [0.3, 0.4) is 0 Å². The Labute approximate surface area is 45.6 Å². The van der Waals surface area contributed by atoms with E-state index >= 15 is 0 Å². The third-order valence-corrected chi connectivity index (χ3v) is 1.11. The first-order valence-corrected chi connectivity index (χ1v) is 2.22. The van der Waals surface area contributed by atoms with Gasteiger partial charge in [-0.1, -0.05) is 0 Å². The lowest BCUT2D eigenvalue weighted by atomic mass is 10.4. The summed E-state index contributed by atoms with van der Waals surface area (Å²) in [6.45, 7) is 0. The van der Waals surface area contributed by atoms with Crippen molar-refractivity contribution in [2.45, 2.75) is 6.42 Å². The topological polar surface area (TPSA) is 54.4 Å². The highest BCUT2D eigenvalue weighted by molar-refractivity contribution is 5.84. The number of rotatable bonds is 1. The number of carbonyl (C=O) groups excluding carboxylic acids is 1. The van der Waals surface area contributed by atoms with Crippen LogP contribution in [0, 0.1) is 5.92 Å². The summed E-state index contributed by atoms with van der Waals surface area (Å²) in [5, 5.41) is 8.16. The Kier molecular flexibility index (Phi) is 0.922. The van der Waals surface area contributed by atoms with Crippen LogP contribution in [0.25, 0.3) is 0 Å². The molecule has 0 aromatic rings. The quantitative estimate of drug-likeness (QED) is 0.480. The Morgan fingerprint density at radius 3 is 2.62 bits per heavy atom. The maximum absolute atomic E-state index is 9.93. The number of carbonyl (C=O) groups is 1. The van der Waals surface area contributed by atoms with Crippen LogP contribution in [0.15, 0.2) is 5.57 Å². The van der Waals surface area contributed by atoms with Gasteiger partial charge in [0, 0.05) is 5.57 Å². The van der Waals surface area contributed by atoms with E-state index in [0.29, 0.717) is 12.0 Å². The maximum Gasteiger partial charge on any atom is 0.311 e. The molecule has 0 saturated heterocycles. The van der Waals surface area contributed by atoms with E-state index < -0.39 is 11.9 Å². The molecule has 1 N–H and O–H groups in total. The molecule has 0 aromatic heterocycles. The largest absolute Gasteiger partial charge is 0.481 e. The van der Waals surface area contributed by atoms with Crippen LogP contribution >= 0.6 is 0 Å². The zero-order valence-corrected chi connectivity index (χ0v) is 4.05. The molecule has 1 fully saturated rings. The Morgan fingerprint density at radius 1 is 1.88 bits per heavy atom. The summed E-state index contributed by atoms with van der Waals surface area (Å²) in [5.41, 5.74) is 0.387. The standard InChI is InChI=1S/C5H4O3/c6-2-3-1-4(3)5(7)8/h4H,1H2,(H,7,8). The first-order valence-electron chi connectivity index (χ1n) is 2.22. The monoisotopic (exact) mass is 112 g/mol. The minimum Gasteiger partial charge on any atom is -0.481 e. The Balaban J connectivity index is 2.61. The van der Waals surface area contributed by atoms with Gasteiger partial charge in [-0.05, 0) is 6.42 Å². The minimum absolute atomic E-state index is 0.387. The summed E-state index contributed by atoms with van der Waals surface area (Å²) in [4.78, 5) is 19.6. The van der Waals surface area contributed by atoms with Crippen molar-refractivity contribution in [1.29, 1.82) is 0 Å². The molecule has 1 aliphatic rings. The molecule has 1 saturated carbocycles. The van der Waals surface area contributed by atoms with Gasteiger partial charge in [-0.3, -0.25) is 4.79 Å². The van der Waals surface area contributed by atoms with E-state index in [2.05, 4.69) is 0 Å². The second-order valence-electron chi connectivity index (χ2n) is 1.72. The van der Waals surface area contributed by atoms with Crippen molar-refractivity contribution in [3.8, 4) is 0 Å². The molecule has 0 aromatic carbocycles. The number of carboxylic acids is 1. The second kappa shape index (κ2) is 1.46. The van der Waals surface area contributed by atoms with Gasteiger partial charge in [0.25, 0.3) is 0 Å². The molecule has 3 nitrogen and oxygen atoms in total. The van der Waals surface area contributed by atoms with E-state index in [1.807, 2.05) is 0 Å².